The molecule has 1 atom stereocenters. The maximum Gasteiger partial charge on any atom is 0.0614 e. The van der Waals surface area contributed by atoms with Gasteiger partial charge < -0.3 is 0 Å². The normalized spacial score (nSPS) is 19.0. The van der Waals surface area contributed by atoms with Crippen molar-refractivity contribution in [1.82, 2.24) is 9.80 Å². The molecule has 1 unspecified atom stereocenters. The maximum absolute atomic E-state index is 2.69. The van der Waals surface area contributed by atoms with Crippen LogP contribution in [0.4, 0.5) is 0 Å². The van der Waals surface area contributed by atoms with Crippen molar-refractivity contribution >= 4 is 30.0 Å². The summed E-state index contributed by atoms with van der Waals surface area (Å²) in [6.07, 6.45) is 11.3. The predicted molar refractivity (Wildman–Crippen MR) is 139 cm³/mol. The largest absolute Gasteiger partial charge is 0.297 e. The quantitative estimate of drug-likeness (QED) is 0.431. The van der Waals surface area contributed by atoms with Crippen LogP contribution in [0.1, 0.15) is 33.9 Å². The van der Waals surface area contributed by atoms with Crippen molar-refractivity contribution in [2.45, 2.75) is 10.9 Å². The summed E-state index contributed by atoms with van der Waals surface area (Å²) in [5.41, 5.74) is 6.83. The molecule has 2 nitrogen and oxygen atoms in total. The molecule has 0 spiro atoms. The van der Waals surface area contributed by atoms with Crippen LogP contribution in [0, 0.1) is 0 Å². The van der Waals surface area contributed by atoms with Gasteiger partial charge in [0.2, 0.25) is 0 Å². The number of rotatable bonds is 5. The van der Waals surface area contributed by atoms with Gasteiger partial charge in [-0.2, -0.15) is 0 Å². The molecule has 0 amide bonds. The van der Waals surface area contributed by atoms with E-state index in [1.807, 2.05) is 11.8 Å². The summed E-state index contributed by atoms with van der Waals surface area (Å²) in [5.74, 6) is 0. The molecule has 5 rings (SSSR count). The Labute approximate surface area is 196 Å². The van der Waals surface area contributed by atoms with Gasteiger partial charge in [0.25, 0.3) is 0 Å². The van der Waals surface area contributed by atoms with Crippen LogP contribution in [0.25, 0.3) is 18.2 Å². The van der Waals surface area contributed by atoms with Gasteiger partial charge in [0, 0.05) is 37.6 Å². The molecule has 0 bridgehead atoms. The zero-order valence-corrected chi connectivity index (χ0v) is 19.5. The van der Waals surface area contributed by atoms with Gasteiger partial charge in [-0.1, -0.05) is 85.0 Å². The van der Waals surface area contributed by atoms with Gasteiger partial charge in [0.15, 0.2) is 0 Å². The molecule has 1 fully saturated rings. The third kappa shape index (κ3) is 4.61. The molecule has 1 saturated heterocycles. The molecule has 0 radical (unpaired) electrons. The SMILES string of the molecule is CSc1ccc2c(c1)C(N1CCN(C/C=C/c3ccccc3)CC1)c1ccccc1C=C2. The first-order valence-corrected chi connectivity index (χ1v) is 12.7. The fourth-order valence-corrected chi connectivity index (χ4v) is 5.28. The van der Waals surface area contributed by atoms with Gasteiger partial charge in [-0.3, -0.25) is 9.80 Å². The Kier molecular flexibility index (Phi) is 6.59. The number of thioether (sulfide) groups is 1. The summed E-state index contributed by atoms with van der Waals surface area (Å²) < 4.78 is 0. The highest BCUT2D eigenvalue weighted by atomic mass is 32.2. The number of hydrogen-bond donors (Lipinski definition) is 0. The number of piperazine rings is 1. The Hall–Kier alpha value is -2.59. The molecule has 1 aliphatic carbocycles. The second-order valence-electron chi connectivity index (χ2n) is 8.51. The van der Waals surface area contributed by atoms with E-state index in [0.29, 0.717) is 6.04 Å². The summed E-state index contributed by atoms with van der Waals surface area (Å²) in [6, 6.07) is 26.8. The molecule has 0 N–H and O–H groups in total. The molecule has 3 heteroatoms. The van der Waals surface area contributed by atoms with Crippen molar-refractivity contribution < 1.29 is 0 Å². The van der Waals surface area contributed by atoms with Crippen molar-refractivity contribution in [2.24, 2.45) is 0 Å². The number of hydrogen-bond acceptors (Lipinski definition) is 3. The number of benzene rings is 3. The first-order chi connectivity index (χ1) is 15.8. The lowest BCUT2D eigenvalue weighted by Gasteiger charge is -2.40. The predicted octanol–water partition coefficient (Wildman–Crippen LogP) is 6.31. The van der Waals surface area contributed by atoms with E-state index in [4.69, 9.17) is 0 Å². The minimum absolute atomic E-state index is 0.310. The Morgan fingerprint density at radius 1 is 0.812 bits per heavy atom. The maximum atomic E-state index is 2.69. The topological polar surface area (TPSA) is 6.48 Å². The van der Waals surface area contributed by atoms with Crippen LogP contribution in [0.15, 0.2) is 83.8 Å². The third-order valence-corrected chi connectivity index (χ3v) is 7.29. The molecule has 32 heavy (non-hydrogen) atoms. The van der Waals surface area contributed by atoms with Gasteiger partial charge >= 0.3 is 0 Å². The standard InChI is InChI=1S/C29H30N2S/c1-32-26-16-15-25-14-13-24-11-5-6-12-27(24)29(28(25)22-26)31-20-18-30(19-21-31)17-7-10-23-8-3-2-4-9-23/h2-16,22,29H,17-21H2,1H3/b10-7+. The lowest BCUT2D eigenvalue weighted by Crippen LogP contribution is -2.47. The van der Waals surface area contributed by atoms with E-state index >= 15 is 0 Å². The first-order valence-electron chi connectivity index (χ1n) is 11.4. The minimum atomic E-state index is 0.310. The summed E-state index contributed by atoms with van der Waals surface area (Å²) in [7, 11) is 0. The number of fused-ring (bicyclic) bond motifs is 2. The van der Waals surface area contributed by atoms with Crippen molar-refractivity contribution in [3.05, 3.63) is 107 Å². The molecule has 0 saturated carbocycles. The van der Waals surface area contributed by atoms with Crippen molar-refractivity contribution in [3.8, 4) is 0 Å². The zero-order valence-electron chi connectivity index (χ0n) is 18.7. The van der Waals surface area contributed by atoms with Crippen molar-refractivity contribution in [1.29, 1.82) is 0 Å². The fourth-order valence-electron chi connectivity index (χ4n) is 4.83. The Morgan fingerprint density at radius 3 is 2.31 bits per heavy atom. The molecular weight excluding hydrogens is 408 g/mol. The second kappa shape index (κ2) is 9.91. The summed E-state index contributed by atoms with van der Waals surface area (Å²) in [5, 5.41) is 0. The van der Waals surface area contributed by atoms with Crippen LogP contribution >= 0.6 is 11.8 Å². The lowest BCUT2D eigenvalue weighted by atomic mass is 9.92. The van der Waals surface area contributed by atoms with Gasteiger partial charge in [-0.25, -0.2) is 0 Å². The van der Waals surface area contributed by atoms with Crippen LogP contribution in [-0.4, -0.2) is 48.8 Å². The van der Waals surface area contributed by atoms with Crippen LogP contribution < -0.4 is 0 Å². The van der Waals surface area contributed by atoms with Crippen molar-refractivity contribution in [2.75, 3.05) is 39.0 Å². The van der Waals surface area contributed by atoms with Gasteiger partial charge in [0.05, 0.1) is 6.04 Å². The van der Waals surface area contributed by atoms with E-state index in [2.05, 4.69) is 113 Å². The average Bonchev–Trinajstić information content (AvgIpc) is 3.01. The van der Waals surface area contributed by atoms with Crippen molar-refractivity contribution in [3.63, 3.8) is 0 Å². The highest BCUT2D eigenvalue weighted by Gasteiger charge is 2.29. The summed E-state index contributed by atoms with van der Waals surface area (Å²) in [6.45, 7) is 5.38. The lowest BCUT2D eigenvalue weighted by molar-refractivity contribution is 0.117. The van der Waals surface area contributed by atoms with Gasteiger partial charge in [-0.15, -0.1) is 11.8 Å². The Balaban J connectivity index is 1.35. The van der Waals surface area contributed by atoms with E-state index in [1.165, 1.54) is 32.7 Å². The minimum Gasteiger partial charge on any atom is -0.297 e. The molecular formula is C29H30N2S. The van der Waals surface area contributed by atoms with Crippen LogP contribution in [-0.2, 0) is 0 Å². The summed E-state index contributed by atoms with van der Waals surface area (Å²) in [4.78, 5) is 6.59. The van der Waals surface area contributed by atoms with Crippen LogP contribution in [0.5, 0.6) is 0 Å². The Morgan fingerprint density at radius 2 is 1.53 bits per heavy atom. The highest BCUT2D eigenvalue weighted by Crippen LogP contribution is 2.38. The van der Waals surface area contributed by atoms with E-state index in [1.54, 1.807) is 0 Å². The molecule has 3 aromatic carbocycles. The van der Waals surface area contributed by atoms with Gasteiger partial charge in [0.1, 0.15) is 0 Å². The average molecular weight is 439 g/mol. The zero-order chi connectivity index (χ0) is 21.8. The molecule has 162 valence electrons. The Bertz CT molecular complexity index is 1110. The van der Waals surface area contributed by atoms with E-state index in [9.17, 15) is 0 Å². The number of nitrogens with zero attached hydrogens (tertiary/aromatic N) is 2. The van der Waals surface area contributed by atoms with Gasteiger partial charge in [-0.05, 0) is 46.2 Å². The van der Waals surface area contributed by atoms with E-state index in [0.717, 1.165) is 32.7 Å². The third-order valence-electron chi connectivity index (χ3n) is 6.57. The van der Waals surface area contributed by atoms with Crippen LogP contribution in [0.2, 0.25) is 0 Å². The molecule has 1 aliphatic heterocycles. The smallest absolute Gasteiger partial charge is 0.0614 e. The monoisotopic (exact) mass is 438 g/mol. The molecule has 1 heterocycles. The molecule has 0 aromatic heterocycles. The molecule has 2 aliphatic rings. The molecule has 3 aromatic rings. The van der Waals surface area contributed by atoms with E-state index < -0.39 is 0 Å². The first kappa shape index (κ1) is 21.3. The van der Waals surface area contributed by atoms with Crippen LogP contribution in [0.3, 0.4) is 0 Å². The summed E-state index contributed by atoms with van der Waals surface area (Å²) >= 11 is 1.83. The van der Waals surface area contributed by atoms with E-state index in [-0.39, 0.29) is 0 Å². The second-order valence-corrected chi connectivity index (χ2v) is 9.39. The fraction of sp³-hybridized carbons (Fsp3) is 0.241. The highest BCUT2D eigenvalue weighted by molar-refractivity contribution is 7.98.